The van der Waals surface area contributed by atoms with Crippen LogP contribution in [0.4, 0.5) is 0 Å². The van der Waals surface area contributed by atoms with Gasteiger partial charge < -0.3 is 0 Å². The minimum absolute atomic E-state index is 0.971. The Hall–Kier alpha value is -1.96. The van der Waals surface area contributed by atoms with Crippen molar-refractivity contribution >= 4 is 28.4 Å². The van der Waals surface area contributed by atoms with E-state index in [9.17, 15) is 0 Å². The molecule has 72 valence electrons. The molecule has 0 radical (unpaired) electrons. The SMILES string of the molecule is C=c1cnc2ccnc3ccc(C)c1c32. The largest absolute Gasteiger partial charge is 0.256 e. The Morgan fingerprint density at radius 3 is 2.67 bits per heavy atom. The summed E-state index contributed by atoms with van der Waals surface area (Å²) >= 11 is 0. The van der Waals surface area contributed by atoms with Gasteiger partial charge in [-0.05, 0) is 35.2 Å². The molecular formula is C13H10N2. The second-order valence-electron chi connectivity index (χ2n) is 3.77. The Bertz CT molecular complexity index is 685. The standard InChI is InChI=1S/C13H10N2/c1-8-3-4-10-13-11(5-6-14-10)15-7-9(2)12(8)13/h3-7H,2H2,1H3. The quantitative estimate of drug-likeness (QED) is 0.548. The van der Waals surface area contributed by atoms with E-state index in [1.165, 1.54) is 10.9 Å². The first kappa shape index (κ1) is 8.36. The highest BCUT2D eigenvalue weighted by atomic mass is 14.7. The maximum absolute atomic E-state index is 4.37. The molecule has 0 aliphatic heterocycles. The highest BCUT2D eigenvalue weighted by molar-refractivity contribution is 6.07. The van der Waals surface area contributed by atoms with Crippen LogP contribution in [0.15, 0.2) is 30.6 Å². The molecule has 0 saturated heterocycles. The topological polar surface area (TPSA) is 25.8 Å². The Labute approximate surface area is 87.3 Å². The molecule has 2 nitrogen and oxygen atoms in total. The summed E-state index contributed by atoms with van der Waals surface area (Å²) in [5.41, 5.74) is 3.21. The molecule has 0 fully saturated rings. The summed E-state index contributed by atoms with van der Waals surface area (Å²) in [7, 11) is 0. The van der Waals surface area contributed by atoms with Crippen molar-refractivity contribution < 1.29 is 0 Å². The molecule has 3 aromatic rings. The molecule has 2 heteroatoms. The fourth-order valence-electron chi connectivity index (χ4n) is 2.07. The lowest BCUT2D eigenvalue weighted by atomic mass is 10.0. The van der Waals surface area contributed by atoms with Crippen molar-refractivity contribution in [1.29, 1.82) is 0 Å². The van der Waals surface area contributed by atoms with Gasteiger partial charge in [0.25, 0.3) is 0 Å². The van der Waals surface area contributed by atoms with Gasteiger partial charge in [0.1, 0.15) is 0 Å². The van der Waals surface area contributed by atoms with Gasteiger partial charge in [-0.1, -0.05) is 12.6 Å². The van der Waals surface area contributed by atoms with Crippen LogP contribution in [0.1, 0.15) is 5.56 Å². The third kappa shape index (κ3) is 1.05. The van der Waals surface area contributed by atoms with E-state index in [1.54, 1.807) is 6.20 Å². The average molecular weight is 194 g/mol. The summed E-state index contributed by atoms with van der Waals surface area (Å²) in [5, 5.41) is 3.29. The number of aryl methyl sites for hydroxylation is 1. The van der Waals surface area contributed by atoms with E-state index in [2.05, 4.69) is 29.5 Å². The minimum Gasteiger partial charge on any atom is -0.256 e. The van der Waals surface area contributed by atoms with E-state index in [0.29, 0.717) is 0 Å². The second kappa shape index (κ2) is 2.76. The Kier molecular flexibility index (Phi) is 1.54. The van der Waals surface area contributed by atoms with Crippen LogP contribution >= 0.6 is 0 Å². The van der Waals surface area contributed by atoms with Gasteiger partial charge in [-0.3, -0.25) is 9.97 Å². The van der Waals surface area contributed by atoms with Crippen LogP contribution in [0.3, 0.4) is 0 Å². The van der Waals surface area contributed by atoms with Gasteiger partial charge in [0, 0.05) is 17.8 Å². The van der Waals surface area contributed by atoms with E-state index in [-0.39, 0.29) is 0 Å². The predicted molar refractivity (Wildman–Crippen MR) is 62.5 cm³/mol. The van der Waals surface area contributed by atoms with Gasteiger partial charge in [-0.2, -0.15) is 0 Å². The van der Waals surface area contributed by atoms with Crippen molar-refractivity contribution in [2.45, 2.75) is 6.92 Å². The van der Waals surface area contributed by atoms with Crippen LogP contribution < -0.4 is 5.22 Å². The highest BCUT2D eigenvalue weighted by Crippen LogP contribution is 2.23. The molecule has 2 heterocycles. The van der Waals surface area contributed by atoms with Crippen molar-refractivity contribution in [2.75, 3.05) is 0 Å². The summed E-state index contributed by atoms with van der Waals surface area (Å²) in [6.45, 7) is 6.12. The monoisotopic (exact) mass is 194 g/mol. The smallest absolute Gasteiger partial charge is 0.0745 e. The van der Waals surface area contributed by atoms with E-state index in [0.717, 1.165) is 21.6 Å². The molecule has 0 aliphatic carbocycles. The Morgan fingerprint density at radius 2 is 1.80 bits per heavy atom. The van der Waals surface area contributed by atoms with E-state index < -0.39 is 0 Å². The molecule has 15 heavy (non-hydrogen) atoms. The Morgan fingerprint density at radius 1 is 1.00 bits per heavy atom. The lowest BCUT2D eigenvalue weighted by molar-refractivity contribution is 1.34. The number of hydrogen-bond acceptors (Lipinski definition) is 2. The third-order valence-corrected chi connectivity index (χ3v) is 2.77. The molecule has 0 saturated carbocycles. The summed E-state index contributed by atoms with van der Waals surface area (Å²) in [6, 6.07) is 6.05. The van der Waals surface area contributed by atoms with Gasteiger partial charge in [0.05, 0.1) is 11.0 Å². The molecule has 1 aromatic carbocycles. The predicted octanol–water partition coefficient (Wildman–Crippen LogP) is 2.22. The normalized spacial score (nSPS) is 11.3. The number of rotatable bonds is 0. The zero-order valence-corrected chi connectivity index (χ0v) is 8.49. The summed E-state index contributed by atoms with van der Waals surface area (Å²) in [4.78, 5) is 8.71. The van der Waals surface area contributed by atoms with Crippen LogP contribution in [0, 0.1) is 6.92 Å². The molecule has 0 bridgehead atoms. The molecule has 2 aromatic heterocycles. The van der Waals surface area contributed by atoms with Crippen molar-refractivity contribution in [3.8, 4) is 0 Å². The molecule has 0 aliphatic rings. The fourth-order valence-corrected chi connectivity index (χ4v) is 2.07. The van der Waals surface area contributed by atoms with Crippen LogP contribution in [0.5, 0.6) is 0 Å². The molecule has 0 atom stereocenters. The lowest BCUT2D eigenvalue weighted by Gasteiger charge is -2.06. The number of hydrogen-bond donors (Lipinski definition) is 0. The molecule has 0 amide bonds. The average Bonchev–Trinajstić information content (AvgIpc) is 2.25. The minimum atomic E-state index is 0.971. The van der Waals surface area contributed by atoms with Gasteiger partial charge in [-0.25, -0.2) is 0 Å². The first-order chi connectivity index (χ1) is 7.27. The zero-order chi connectivity index (χ0) is 10.4. The number of aromatic nitrogens is 2. The van der Waals surface area contributed by atoms with Crippen LogP contribution in [0.25, 0.3) is 28.4 Å². The van der Waals surface area contributed by atoms with Crippen LogP contribution in [-0.2, 0) is 0 Å². The maximum Gasteiger partial charge on any atom is 0.0745 e. The molecule has 0 N–H and O–H groups in total. The number of benzene rings is 1. The van der Waals surface area contributed by atoms with Crippen molar-refractivity contribution in [3.63, 3.8) is 0 Å². The van der Waals surface area contributed by atoms with Gasteiger partial charge in [0.2, 0.25) is 0 Å². The second-order valence-corrected chi connectivity index (χ2v) is 3.77. The van der Waals surface area contributed by atoms with Crippen molar-refractivity contribution in [2.24, 2.45) is 0 Å². The lowest BCUT2D eigenvalue weighted by Crippen LogP contribution is -2.03. The fraction of sp³-hybridized carbons (Fsp3) is 0.0769. The summed E-state index contributed by atoms with van der Waals surface area (Å²) in [5.74, 6) is 0. The molecule has 0 spiro atoms. The van der Waals surface area contributed by atoms with Crippen molar-refractivity contribution in [1.82, 2.24) is 9.97 Å². The number of pyridine rings is 2. The highest BCUT2D eigenvalue weighted by Gasteiger charge is 2.05. The van der Waals surface area contributed by atoms with Gasteiger partial charge in [-0.15, -0.1) is 0 Å². The summed E-state index contributed by atoms with van der Waals surface area (Å²) < 4.78 is 0. The van der Waals surface area contributed by atoms with Gasteiger partial charge in [0.15, 0.2) is 0 Å². The maximum atomic E-state index is 4.37. The molecular weight excluding hydrogens is 184 g/mol. The van der Waals surface area contributed by atoms with Crippen LogP contribution in [0.2, 0.25) is 0 Å². The number of nitrogens with zero attached hydrogens (tertiary/aromatic N) is 2. The molecule has 3 rings (SSSR count). The first-order valence-electron chi connectivity index (χ1n) is 4.89. The third-order valence-electron chi connectivity index (χ3n) is 2.77. The zero-order valence-electron chi connectivity index (χ0n) is 8.49. The van der Waals surface area contributed by atoms with E-state index in [1.807, 2.05) is 18.3 Å². The summed E-state index contributed by atoms with van der Waals surface area (Å²) in [6.07, 6.45) is 3.62. The van der Waals surface area contributed by atoms with Gasteiger partial charge >= 0.3 is 0 Å². The first-order valence-corrected chi connectivity index (χ1v) is 4.89. The van der Waals surface area contributed by atoms with Crippen molar-refractivity contribution in [3.05, 3.63) is 41.4 Å². The molecule has 0 unspecified atom stereocenters. The van der Waals surface area contributed by atoms with E-state index >= 15 is 0 Å². The van der Waals surface area contributed by atoms with E-state index in [4.69, 9.17) is 0 Å². The Balaban J connectivity index is 2.79. The van der Waals surface area contributed by atoms with Crippen LogP contribution in [-0.4, -0.2) is 9.97 Å².